The van der Waals surface area contributed by atoms with Gasteiger partial charge >= 0.3 is 0 Å². The highest BCUT2D eigenvalue weighted by atomic mass is 16.1. The molecule has 5 rings (SSSR count). The summed E-state index contributed by atoms with van der Waals surface area (Å²) >= 11 is 0. The maximum atomic E-state index is 13.2. The fourth-order valence-electron chi connectivity index (χ4n) is 5.54. The van der Waals surface area contributed by atoms with Gasteiger partial charge in [-0.05, 0) is 74.6 Å². The van der Waals surface area contributed by atoms with E-state index in [1.54, 1.807) is 0 Å². The molecule has 2 bridgehead atoms. The third-order valence-electron chi connectivity index (χ3n) is 6.83. The lowest BCUT2D eigenvalue weighted by atomic mass is 9.82. The van der Waals surface area contributed by atoms with Crippen LogP contribution in [0.25, 0.3) is 10.8 Å². The van der Waals surface area contributed by atoms with Crippen LogP contribution in [0, 0.1) is 0 Å². The van der Waals surface area contributed by atoms with E-state index in [1.165, 1.54) is 42.2 Å². The minimum Gasteiger partial charge on any atom is -0.312 e. The Bertz CT molecular complexity index is 839. The summed E-state index contributed by atoms with van der Waals surface area (Å²) in [4.78, 5) is 15.8. The average Bonchev–Trinajstić information content (AvgIpc) is 2.58. The summed E-state index contributed by atoms with van der Waals surface area (Å²) in [5.41, 5.74) is 3.01. The zero-order valence-electron chi connectivity index (χ0n) is 14.5. The van der Waals surface area contributed by atoms with E-state index in [2.05, 4.69) is 34.8 Å². The largest absolute Gasteiger partial charge is 0.312 e. The van der Waals surface area contributed by atoms with Crippen LogP contribution in [-0.4, -0.2) is 28.6 Å². The lowest BCUT2D eigenvalue weighted by molar-refractivity contribution is 0.0392. The highest BCUT2D eigenvalue weighted by molar-refractivity contribution is 5.88. The van der Waals surface area contributed by atoms with Crippen molar-refractivity contribution in [1.82, 2.24) is 9.47 Å². The van der Waals surface area contributed by atoms with E-state index < -0.39 is 0 Å². The molecule has 24 heavy (non-hydrogen) atoms. The Morgan fingerprint density at radius 3 is 2.50 bits per heavy atom. The zero-order chi connectivity index (χ0) is 16.3. The summed E-state index contributed by atoms with van der Waals surface area (Å²) in [5, 5.41) is 2.21. The summed E-state index contributed by atoms with van der Waals surface area (Å²) in [6.07, 6.45) is 11.9. The lowest BCUT2D eigenvalue weighted by Gasteiger charge is -2.47. The topological polar surface area (TPSA) is 25.2 Å². The number of benzene rings is 1. The molecule has 3 aliphatic rings. The van der Waals surface area contributed by atoms with Crippen molar-refractivity contribution in [3.63, 3.8) is 0 Å². The Kier molecular flexibility index (Phi) is 3.34. The van der Waals surface area contributed by atoms with Crippen molar-refractivity contribution < 1.29 is 0 Å². The predicted octanol–water partition coefficient (Wildman–Crippen LogP) is 3.68. The smallest absolute Gasteiger partial charge is 0.258 e. The Balaban J connectivity index is 1.63. The van der Waals surface area contributed by atoms with Crippen molar-refractivity contribution in [2.24, 2.45) is 0 Å². The van der Waals surface area contributed by atoms with E-state index >= 15 is 0 Å². The minimum absolute atomic E-state index is 0.241. The number of fused-ring (bicyclic) bond motifs is 2. The third-order valence-corrected chi connectivity index (χ3v) is 6.83. The molecule has 0 N–H and O–H groups in total. The number of hydrogen-bond acceptors (Lipinski definition) is 2. The van der Waals surface area contributed by atoms with Crippen molar-refractivity contribution in [2.75, 3.05) is 7.05 Å². The number of aromatic nitrogens is 1. The molecule has 1 aliphatic carbocycles. The third kappa shape index (κ3) is 2.10. The second kappa shape index (κ2) is 5.45. The first-order valence-corrected chi connectivity index (χ1v) is 9.60. The second-order valence-corrected chi connectivity index (χ2v) is 8.09. The van der Waals surface area contributed by atoms with Gasteiger partial charge in [-0.15, -0.1) is 0 Å². The molecule has 3 nitrogen and oxygen atoms in total. The molecule has 0 saturated carbocycles. The van der Waals surface area contributed by atoms with Gasteiger partial charge in [0.15, 0.2) is 0 Å². The molecule has 1 aromatic heterocycles. The first-order valence-electron chi connectivity index (χ1n) is 9.60. The zero-order valence-corrected chi connectivity index (χ0v) is 14.5. The molecule has 1 unspecified atom stereocenters. The van der Waals surface area contributed by atoms with Crippen molar-refractivity contribution in [2.45, 2.75) is 69.5 Å². The Morgan fingerprint density at radius 1 is 0.958 bits per heavy atom. The van der Waals surface area contributed by atoms with Gasteiger partial charge in [0.05, 0.1) is 0 Å². The number of nitrogens with zero attached hydrogens (tertiary/aromatic N) is 2. The molecular weight excluding hydrogens is 296 g/mol. The maximum Gasteiger partial charge on any atom is 0.258 e. The molecule has 0 amide bonds. The van der Waals surface area contributed by atoms with Gasteiger partial charge in [0, 0.05) is 29.7 Å². The molecule has 3 heteroatoms. The van der Waals surface area contributed by atoms with Crippen LogP contribution in [0.2, 0.25) is 0 Å². The second-order valence-electron chi connectivity index (χ2n) is 8.09. The van der Waals surface area contributed by atoms with Crippen LogP contribution in [0.3, 0.4) is 0 Å². The van der Waals surface area contributed by atoms with Crippen LogP contribution < -0.4 is 5.56 Å². The molecular formula is C21H26N2O. The fourth-order valence-corrected chi connectivity index (χ4v) is 5.54. The molecule has 3 heterocycles. The van der Waals surface area contributed by atoms with Gasteiger partial charge in [0.2, 0.25) is 0 Å². The van der Waals surface area contributed by atoms with Crippen molar-refractivity contribution in [3.8, 4) is 0 Å². The SMILES string of the molecule is CN1[C@@H]2CCC[C@H]1CC(n1cc3c4c(cccc4c1=O)CCC3)C2. The highest BCUT2D eigenvalue weighted by Gasteiger charge is 2.37. The molecule has 2 fully saturated rings. The first kappa shape index (κ1) is 14.7. The normalized spacial score (nSPS) is 29.8. The van der Waals surface area contributed by atoms with Crippen molar-refractivity contribution >= 4 is 10.8 Å². The number of piperidine rings is 2. The van der Waals surface area contributed by atoms with Gasteiger partial charge in [-0.25, -0.2) is 0 Å². The van der Waals surface area contributed by atoms with E-state index in [9.17, 15) is 4.79 Å². The molecule has 1 aromatic carbocycles. The van der Waals surface area contributed by atoms with E-state index in [4.69, 9.17) is 0 Å². The first-order chi connectivity index (χ1) is 11.7. The standard InChI is InChI=1S/C21H26N2O/c1-22-16-8-4-9-17(22)12-18(11-16)23-13-15-7-2-5-14-6-3-10-19(20(14)15)21(23)24/h3,6,10,13,16-18H,2,4-5,7-9,11-12H2,1H3/t16-,17+,18?. The fraction of sp³-hybridized carbons (Fsp3) is 0.571. The Hall–Kier alpha value is -1.61. The van der Waals surface area contributed by atoms with Gasteiger partial charge in [-0.3, -0.25) is 4.79 Å². The maximum absolute atomic E-state index is 13.2. The van der Waals surface area contributed by atoms with Gasteiger partial charge in [-0.1, -0.05) is 18.6 Å². The van der Waals surface area contributed by atoms with Gasteiger partial charge in [0.25, 0.3) is 5.56 Å². The monoisotopic (exact) mass is 322 g/mol. The molecule has 3 atom stereocenters. The molecule has 0 spiro atoms. The van der Waals surface area contributed by atoms with Crippen LogP contribution in [0.15, 0.2) is 29.2 Å². The lowest BCUT2D eigenvalue weighted by Crippen LogP contribution is -2.51. The van der Waals surface area contributed by atoms with Crippen LogP contribution in [0.5, 0.6) is 0 Å². The number of pyridine rings is 1. The number of hydrogen-bond donors (Lipinski definition) is 0. The Morgan fingerprint density at radius 2 is 1.71 bits per heavy atom. The van der Waals surface area contributed by atoms with Crippen LogP contribution in [0.1, 0.15) is 55.7 Å². The molecule has 2 saturated heterocycles. The van der Waals surface area contributed by atoms with Crippen molar-refractivity contribution in [3.05, 3.63) is 45.9 Å². The minimum atomic E-state index is 0.241. The van der Waals surface area contributed by atoms with Crippen LogP contribution in [0.4, 0.5) is 0 Å². The van der Waals surface area contributed by atoms with Gasteiger partial charge < -0.3 is 9.47 Å². The van der Waals surface area contributed by atoms with Crippen LogP contribution in [-0.2, 0) is 12.8 Å². The molecule has 2 aliphatic heterocycles. The summed E-state index contributed by atoms with van der Waals surface area (Å²) in [7, 11) is 2.28. The van der Waals surface area contributed by atoms with E-state index in [1.807, 2.05) is 6.07 Å². The summed E-state index contributed by atoms with van der Waals surface area (Å²) in [6, 6.07) is 8.02. The van der Waals surface area contributed by atoms with Crippen LogP contribution >= 0.6 is 0 Å². The van der Waals surface area contributed by atoms with E-state index in [0.29, 0.717) is 18.1 Å². The molecule has 126 valence electrons. The number of aryl methyl sites for hydroxylation is 2. The van der Waals surface area contributed by atoms with E-state index in [0.717, 1.165) is 31.1 Å². The molecule has 0 radical (unpaired) electrons. The summed E-state index contributed by atoms with van der Waals surface area (Å²) < 4.78 is 2.12. The highest BCUT2D eigenvalue weighted by Crippen LogP contribution is 2.38. The average molecular weight is 322 g/mol. The summed E-state index contributed by atoms with van der Waals surface area (Å²) in [6.45, 7) is 0. The quantitative estimate of drug-likeness (QED) is 0.800. The number of rotatable bonds is 1. The van der Waals surface area contributed by atoms with Crippen molar-refractivity contribution in [1.29, 1.82) is 0 Å². The summed E-state index contributed by atoms with van der Waals surface area (Å²) in [5.74, 6) is 0. The molecule has 2 aromatic rings. The van der Waals surface area contributed by atoms with Gasteiger partial charge in [0.1, 0.15) is 0 Å². The Labute approximate surface area is 143 Å². The predicted molar refractivity (Wildman–Crippen MR) is 97.7 cm³/mol. The van der Waals surface area contributed by atoms with Gasteiger partial charge in [-0.2, -0.15) is 0 Å². The van der Waals surface area contributed by atoms with E-state index in [-0.39, 0.29) is 5.56 Å².